The summed E-state index contributed by atoms with van der Waals surface area (Å²) in [6.45, 7) is 7.28. The van der Waals surface area contributed by atoms with Gasteiger partial charge in [-0.2, -0.15) is 0 Å². The van der Waals surface area contributed by atoms with Gasteiger partial charge in [-0.1, -0.05) is 74.5 Å². The lowest BCUT2D eigenvalue weighted by molar-refractivity contribution is -0.139. The third-order valence-electron chi connectivity index (χ3n) is 5.15. The highest BCUT2D eigenvalue weighted by Crippen LogP contribution is 2.14. The molecule has 0 saturated carbocycles. The Balaban J connectivity index is 1.76. The van der Waals surface area contributed by atoms with Crippen LogP contribution in [-0.4, -0.2) is 34.7 Å². The lowest BCUT2D eigenvalue weighted by Crippen LogP contribution is -2.43. The van der Waals surface area contributed by atoms with E-state index in [0.29, 0.717) is 19.6 Å². The second-order valence-corrected chi connectivity index (χ2v) is 8.60. The van der Waals surface area contributed by atoms with Crippen molar-refractivity contribution in [2.75, 3.05) is 13.1 Å². The number of hydrogen-bond donors (Lipinski definition) is 0. The quantitative estimate of drug-likeness (QED) is 0.398. The van der Waals surface area contributed by atoms with Crippen molar-refractivity contribution >= 4 is 17.9 Å². The summed E-state index contributed by atoms with van der Waals surface area (Å²) in [4.78, 5) is 29.7. The molecule has 2 aromatic carbocycles. The molecule has 33 heavy (non-hydrogen) atoms. The molecule has 0 bridgehead atoms. The highest BCUT2D eigenvalue weighted by molar-refractivity contribution is 5.94. The van der Waals surface area contributed by atoms with Gasteiger partial charge in [0, 0.05) is 19.2 Å². The van der Waals surface area contributed by atoms with E-state index in [1.807, 2.05) is 93.6 Å². The maximum absolute atomic E-state index is 13.4. The third-order valence-corrected chi connectivity index (χ3v) is 5.15. The maximum atomic E-state index is 13.4. The Bertz CT molecular complexity index is 1060. The number of benzene rings is 2. The van der Waals surface area contributed by atoms with E-state index in [4.69, 9.17) is 4.42 Å². The van der Waals surface area contributed by atoms with Crippen molar-refractivity contribution in [3.63, 3.8) is 0 Å². The van der Waals surface area contributed by atoms with Gasteiger partial charge in [0.1, 0.15) is 18.1 Å². The number of amides is 2. The average Bonchev–Trinajstić information content (AvgIpc) is 3.22. The molecule has 1 heterocycles. The Labute approximate surface area is 196 Å². The number of carbonyl (C=O) groups is 2. The first-order valence-corrected chi connectivity index (χ1v) is 11.3. The molecule has 0 aliphatic rings. The molecular weight excluding hydrogens is 412 g/mol. The van der Waals surface area contributed by atoms with Gasteiger partial charge in [0.2, 0.25) is 11.8 Å². The second kappa shape index (κ2) is 11.9. The minimum atomic E-state index is -0.172. The van der Waals surface area contributed by atoms with E-state index in [0.717, 1.165) is 22.6 Å². The molecule has 0 aliphatic heterocycles. The highest BCUT2D eigenvalue weighted by atomic mass is 16.3. The molecule has 0 saturated heterocycles. The van der Waals surface area contributed by atoms with Crippen molar-refractivity contribution < 1.29 is 14.0 Å². The molecule has 2 amide bonds. The minimum absolute atomic E-state index is 0.0165. The summed E-state index contributed by atoms with van der Waals surface area (Å²) >= 11 is 0. The maximum Gasteiger partial charge on any atom is 0.247 e. The van der Waals surface area contributed by atoms with Crippen molar-refractivity contribution in [3.05, 3.63) is 102 Å². The number of aryl methyl sites for hydroxylation is 1. The molecule has 5 heteroatoms. The minimum Gasteiger partial charge on any atom is -0.464 e. The predicted molar refractivity (Wildman–Crippen MR) is 131 cm³/mol. The predicted octanol–water partition coefficient (Wildman–Crippen LogP) is 5.31. The first-order chi connectivity index (χ1) is 15.9. The van der Waals surface area contributed by atoms with Crippen molar-refractivity contribution in [2.45, 2.75) is 33.9 Å². The van der Waals surface area contributed by atoms with Crippen LogP contribution in [0, 0.1) is 12.8 Å². The van der Waals surface area contributed by atoms with Gasteiger partial charge in [-0.15, -0.1) is 0 Å². The lowest BCUT2D eigenvalue weighted by Gasteiger charge is -2.28. The Kier molecular flexibility index (Phi) is 8.64. The van der Waals surface area contributed by atoms with Crippen LogP contribution in [0.15, 0.2) is 83.3 Å². The van der Waals surface area contributed by atoms with E-state index in [9.17, 15) is 9.59 Å². The van der Waals surface area contributed by atoms with Crippen molar-refractivity contribution in [2.24, 2.45) is 5.92 Å². The molecule has 0 fully saturated rings. The van der Waals surface area contributed by atoms with Gasteiger partial charge < -0.3 is 14.2 Å². The third kappa shape index (κ3) is 7.79. The van der Waals surface area contributed by atoms with E-state index in [1.54, 1.807) is 22.0 Å². The molecule has 0 spiro atoms. The summed E-state index contributed by atoms with van der Waals surface area (Å²) in [6.07, 6.45) is 3.33. The second-order valence-electron chi connectivity index (χ2n) is 8.60. The van der Waals surface area contributed by atoms with Crippen LogP contribution in [0.3, 0.4) is 0 Å². The molecule has 5 nitrogen and oxygen atoms in total. The van der Waals surface area contributed by atoms with E-state index >= 15 is 0 Å². The zero-order valence-corrected chi connectivity index (χ0v) is 19.6. The largest absolute Gasteiger partial charge is 0.464 e. The molecule has 3 rings (SSSR count). The van der Waals surface area contributed by atoms with Crippen LogP contribution in [0.2, 0.25) is 0 Å². The Morgan fingerprint density at radius 2 is 1.55 bits per heavy atom. The summed E-state index contributed by atoms with van der Waals surface area (Å²) in [6, 6.07) is 23.3. The highest BCUT2D eigenvalue weighted by Gasteiger charge is 2.22. The first-order valence-electron chi connectivity index (χ1n) is 11.3. The van der Waals surface area contributed by atoms with Crippen LogP contribution in [0.25, 0.3) is 6.08 Å². The van der Waals surface area contributed by atoms with Crippen LogP contribution in [0.1, 0.15) is 36.5 Å². The van der Waals surface area contributed by atoms with Gasteiger partial charge in [-0.25, -0.2) is 0 Å². The zero-order chi connectivity index (χ0) is 23.6. The summed E-state index contributed by atoms with van der Waals surface area (Å²) < 4.78 is 5.72. The lowest BCUT2D eigenvalue weighted by atomic mass is 10.1. The SMILES string of the molecule is Cc1ccc(CN(Cc2ccccc2)C(=O)CN(CC(C)C)C(=O)C=Cc2ccccc2)o1. The van der Waals surface area contributed by atoms with E-state index < -0.39 is 0 Å². The Hall–Kier alpha value is -3.60. The molecule has 0 radical (unpaired) electrons. The van der Waals surface area contributed by atoms with Crippen LogP contribution in [0.4, 0.5) is 0 Å². The van der Waals surface area contributed by atoms with Crippen LogP contribution in [-0.2, 0) is 22.7 Å². The fraction of sp³-hybridized carbons (Fsp3) is 0.286. The van der Waals surface area contributed by atoms with E-state index in [2.05, 4.69) is 0 Å². The molecule has 0 atom stereocenters. The van der Waals surface area contributed by atoms with Crippen molar-refractivity contribution in [3.8, 4) is 0 Å². The molecule has 1 aromatic heterocycles. The average molecular weight is 445 g/mol. The first kappa shape index (κ1) is 24.1. The van der Waals surface area contributed by atoms with Crippen LogP contribution in [0.5, 0.6) is 0 Å². The molecule has 0 aliphatic carbocycles. The number of nitrogens with zero attached hydrogens (tertiary/aromatic N) is 2. The fourth-order valence-corrected chi connectivity index (χ4v) is 3.57. The van der Waals surface area contributed by atoms with Gasteiger partial charge in [0.05, 0.1) is 6.54 Å². The molecular formula is C28H32N2O3. The molecule has 172 valence electrons. The van der Waals surface area contributed by atoms with Gasteiger partial charge in [-0.3, -0.25) is 9.59 Å². The van der Waals surface area contributed by atoms with Crippen LogP contribution >= 0.6 is 0 Å². The van der Waals surface area contributed by atoms with Gasteiger partial charge >= 0.3 is 0 Å². The summed E-state index contributed by atoms with van der Waals surface area (Å²) in [7, 11) is 0. The van der Waals surface area contributed by atoms with Gasteiger partial charge in [-0.05, 0) is 42.2 Å². The summed E-state index contributed by atoms with van der Waals surface area (Å²) in [5, 5.41) is 0. The van der Waals surface area contributed by atoms with Gasteiger partial charge in [0.15, 0.2) is 0 Å². The Morgan fingerprint density at radius 3 is 2.15 bits per heavy atom. The van der Waals surface area contributed by atoms with Crippen LogP contribution < -0.4 is 0 Å². The molecule has 0 N–H and O–H groups in total. The fourth-order valence-electron chi connectivity index (χ4n) is 3.57. The van der Waals surface area contributed by atoms with E-state index in [-0.39, 0.29) is 24.3 Å². The van der Waals surface area contributed by atoms with Gasteiger partial charge in [0.25, 0.3) is 0 Å². The number of rotatable bonds is 10. The Morgan fingerprint density at radius 1 is 0.879 bits per heavy atom. The smallest absolute Gasteiger partial charge is 0.247 e. The summed E-state index contributed by atoms with van der Waals surface area (Å²) in [5.41, 5.74) is 1.97. The van der Waals surface area contributed by atoms with Crippen molar-refractivity contribution in [1.82, 2.24) is 9.80 Å². The van der Waals surface area contributed by atoms with E-state index in [1.165, 1.54) is 0 Å². The number of furan rings is 1. The molecule has 0 unspecified atom stereocenters. The summed E-state index contributed by atoms with van der Waals surface area (Å²) in [5.74, 6) is 1.48. The standard InChI is InChI=1S/C28H32N2O3/c1-22(2)18-29(27(31)17-15-24-10-6-4-7-11-24)21-28(32)30(19-25-12-8-5-9-13-25)20-26-16-14-23(3)33-26/h4-17,22H,18-21H2,1-3H3. The van der Waals surface area contributed by atoms with Crippen molar-refractivity contribution in [1.29, 1.82) is 0 Å². The zero-order valence-electron chi connectivity index (χ0n) is 19.6. The number of hydrogen-bond acceptors (Lipinski definition) is 3. The molecule has 3 aromatic rings. The normalized spacial score (nSPS) is 11.2. The number of carbonyl (C=O) groups excluding carboxylic acids is 2. The monoisotopic (exact) mass is 444 g/mol. The topological polar surface area (TPSA) is 53.8 Å².